The van der Waals surface area contributed by atoms with Crippen molar-refractivity contribution in [2.24, 2.45) is 5.41 Å². The summed E-state index contributed by atoms with van der Waals surface area (Å²) < 4.78 is 2.91. The van der Waals surface area contributed by atoms with E-state index >= 15 is 0 Å². The largest absolute Gasteiger partial charge is 0.331 e. The van der Waals surface area contributed by atoms with E-state index in [0.29, 0.717) is 0 Å². The maximum absolute atomic E-state index is 9.09. The van der Waals surface area contributed by atoms with Gasteiger partial charge in [-0.1, -0.05) is 0 Å². The van der Waals surface area contributed by atoms with Crippen molar-refractivity contribution >= 4 is 27.0 Å². The van der Waals surface area contributed by atoms with Crippen molar-refractivity contribution in [1.29, 1.82) is 5.26 Å². The predicted octanol–water partition coefficient (Wildman–Crippen LogP) is 3.10. The van der Waals surface area contributed by atoms with E-state index in [-0.39, 0.29) is 5.41 Å². The van der Waals surface area contributed by atoms with Crippen LogP contribution in [0.15, 0.2) is 29.0 Å². The topological polar surface area (TPSA) is 41.6 Å². The van der Waals surface area contributed by atoms with Gasteiger partial charge in [0.05, 0.1) is 11.5 Å². The molecule has 1 aliphatic rings. The van der Waals surface area contributed by atoms with Gasteiger partial charge in [-0.15, -0.1) is 0 Å². The number of rotatable bonds is 2. The van der Waals surface area contributed by atoms with Crippen LogP contribution in [0, 0.1) is 16.7 Å². The number of halogens is 1. The molecule has 0 amide bonds. The minimum Gasteiger partial charge on any atom is -0.331 e. The van der Waals surface area contributed by atoms with Crippen molar-refractivity contribution in [1.82, 2.24) is 9.55 Å². The molecule has 0 saturated heterocycles. The zero-order valence-corrected chi connectivity index (χ0v) is 10.2. The Balaban J connectivity index is 2.04. The Morgan fingerprint density at radius 3 is 2.94 bits per heavy atom. The van der Waals surface area contributed by atoms with Crippen molar-refractivity contribution in [3.63, 3.8) is 0 Å². The van der Waals surface area contributed by atoms with Crippen LogP contribution in [0.25, 0.3) is 11.0 Å². The van der Waals surface area contributed by atoms with Crippen LogP contribution in [0.3, 0.4) is 0 Å². The normalized spacial score (nSPS) is 17.2. The summed E-state index contributed by atoms with van der Waals surface area (Å²) in [6.07, 6.45) is 4.04. The zero-order chi connectivity index (χ0) is 11.2. The fourth-order valence-corrected chi connectivity index (χ4v) is 2.25. The second-order valence-electron chi connectivity index (χ2n) is 4.38. The summed E-state index contributed by atoms with van der Waals surface area (Å²) in [5.74, 6) is 0. The third kappa shape index (κ3) is 1.52. The van der Waals surface area contributed by atoms with Crippen molar-refractivity contribution < 1.29 is 0 Å². The standard InChI is InChI=1S/C12H10BrN3/c13-10-2-1-9-3-6-16(11(9)15-10)8-12(7-14)4-5-12/h1-3,6H,4-5,8H2. The molecule has 0 atom stereocenters. The minimum atomic E-state index is -0.129. The van der Waals surface area contributed by atoms with Gasteiger partial charge in [0.15, 0.2) is 0 Å². The smallest absolute Gasteiger partial charge is 0.141 e. The Kier molecular flexibility index (Phi) is 2.05. The lowest BCUT2D eigenvalue weighted by atomic mass is 10.1. The maximum atomic E-state index is 9.09. The van der Waals surface area contributed by atoms with Gasteiger partial charge in [-0.05, 0) is 47.0 Å². The molecule has 16 heavy (non-hydrogen) atoms. The SMILES string of the molecule is N#CC1(Cn2ccc3ccc(Br)nc32)CC1. The molecule has 1 fully saturated rings. The first kappa shape index (κ1) is 9.86. The van der Waals surface area contributed by atoms with Crippen LogP contribution < -0.4 is 0 Å². The summed E-state index contributed by atoms with van der Waals surface area (Å²) in [5, 5.41) is 10.2. The van der Waals surface area contributed by atoms with E-state index in [1.807, 2.05) is 24.4 Å². The Morgan fingerprint density at radius 2 is 2.25 bits per heavy atom. The van der Waals surface area contributed by atoms with Gasteiger partial charge in [-0.2, -0.15) is 5.26 Å². The lowest BCUT2D eigenvalue weighted by Crippen LogP contribution is -2.08. The van der Waals surface area contributed by atoms with E-state index in [2.05, 4.69) is 31.6 Å². The third-order valence-electron chi connectivity index (χ3n) is 3.14. The number of aromatic nitrogens is 2. The first-order valence-corrected chi connectivity index (χ1v) is 6.04. The van der Waals surface area contributed by atoms with Crippen molar-refractivity contribution in [2.45, 2.75) is 19.4 Å². The predicted molar refractivity (Wildman–Crippen MR) is 64.7 cm³/mol. The minimum absolute atomic E-state index is 0.129. The molecular formula is C12H10BrN3. The first-order valence-electron chi connectivity index (χ1n) is 5.25. The van der Waals surface area contributed by atoms with Gasteiger partial charge < -0.3 is 4.57 Å². The first-order chi connectivity index (χ1) is 7.72. The molecule has 0 bridgehead atoms. The van der Waals surface area contributed by atoms with Crippen LogP contribution in [0.4, 0.5) is 0 Å². The summed E-state index contributed by atoms with van der Waals surface area (Å²) >= 11 is 3.37. The molecule has 1 aliphatic carbocycles. The number of nitriles is 1. The molecule has 1 saturated carbocycles. The summed E-state index contributed by atoms with van der Waals surface area (Å²) in [7, 11) is 0. The maximum Gasteiger partial charge on any atom is 0.141 e. The van der Waals surface area contributed by atoms with Gasteiger partial charge in [0.1, 0.15) is 10.3 Å². The van der Waals surface area contributed by atoms with Gasteiger partial charge in [0, 0.05) is 18.1 Å². The Morgan fingerprint density at radius 1 is 1.44 bits per heavy atom. The number of hydrogen-bond donors (Lipinski definition) is 0. The fourth-order valence-electron chi connectivity index (χ4n) is 1.95. The molecule has 80 valence electrons. The van der Waals surface area contributed by atoms with Crippen LogP contribution in [0.2, 0.25) is 0 Å². The number of hydrogen-bond acceptors (Lipinski definition) is 2. The quantitative estimate of drug-likeness (QED) is 0.791. The Labute approximate surface area is 102 Å². The average Bonchev–Trinajstić information content (AvgIpc) is 2.96. The van der Waals surface area contributed by atoms with Crippen LogP contribution in [-0.4, -0.2) is 9.55 Å². The van der Waals surface area contributed by atoms with E-state index in [4.69, 9.17) is 5.26 Å². The van der Waals surface area contributed by atoms with E-state index in [0.717, 1.165) is 35.0 Å². The highest BCUT2D eigenvalue weighted by molar-refractivity contribution is 9.10. The summed E-state index contributed by atoms with van der Waals surface area (Å²) in [6.45, 7) is 0.760. The molecule has 3 nitrogen and oxygen atoms in total. The monoisotopic (exact) mass is 275 g/mol. The van der Waals surface area contributed by atoms with Gasteiger partial charge in [-0.3, -0.25) is 0 Å². The second-order valence-corrected chi connectivity index (χ2v) is 5.20. The lowest BCUT2D eigenvalue weighted by Gasteiger charge is -2.08. The summed E-state index contributed by atoms with van der Waals surface area (Å²) in [4.78, 5) is 4.45. The molecule has 3 rings (SSSR count). The molecule has 0 spiro atoms. The summed E-state index contributed by atoms with van der Waals surface area (Å²) in [5.41, 5.74) is 0.826. The molecule has 4 heteroatoms. The van der Waals surface area contributed by atoms with E-state index in [1.54, 1.807) is 0 Å². The average molecular weight is 276 g/mol. The van der Waals surface area contributed by atoms with Crippen molar-refractivity contribution in [3.05, 3.63) is 29.0 Å². The number of pyridine rings is 1. The van der Waals surface area contributed by atoms with E-state index in [9.17, 15) is 0 Å². The highest BCUT2D eigenvalue weighted by Crippen LogP contribution is 2.46. The molecule has 0 unspecified atom stereocenters. The molecule has 0 N–H and O–H groups in total. The van der Waals surface area contributed by atoms with Crippen LogP contribution >= 0.6 is 15.9 Å². The van der Waals surface area contributed by atoms with E-state index < -0.39 is 0 Å². The molecule has 0 aliphatic heterocycles. The molecule has 2 aromatic heterocycles. The molecule has 2 aromatic rings. The van der Waals surface area contributed by atoms with Crippen molar-refractivity contribution in [3.8, 4) is 6.07 Å². The second kappa shape index (κ2) is 3.33. The molecular weight excluding hydrogens is 266 g/mol. The fraction of sp³-hybridized carbons (Fsp3) is 0.333. The van der Waals surface area contributed by atoms with Crippen LogP contribution in [0.1, 0.15) is 12.8 Å². The highest BCUT2D eigenvalue weighted by atomic mass is 79.9. The third-order valence-corrected chi connectivity index (χ3v) is 3.58. The Hall–Kier alpha value is -1.34. The van der Waals surface area contributed by atoms with Gasteiger partial charge in [0.25, 0.3) is 0 Å². The van der Waals surface area contributed by atoms with Crippen LogP contribution in [0.5, 0.6) is 0 Å². The highest BCUT2D eigenvalue weighted by Gasteiger charge is 2.43. The number of fused-ring (bicyclic) bond motifs is 1. The van der Waals surface area contributed by atoms with E-state index in [1.165, 1.54) is 0 Å². The zero-order valence-electron chi connectivity index (χ0n) is 8.65. The Bertz CT molecular complexity index is 590. The lowest BCUT2D eigenvalue weighted by molar-refractivity contribution is 0.539. The van der Waals surface area contributed by atoms with Gasteiger partial charge in [-0.25, -0.2) is 4.98 Å². The van der Waals surface area contributed by atoms with Gasteiger partial charge >= 0.3 is 0 Å². The molecule has 0 radical (unpaired) electrons. The summed E-state index contributed by atoms with van der Waals surface area (Å²) in [6, 6.07) is 8.42. The van der Waals surface area contributed by atoms with Crippen LogP contribution in [-0.2, 0) is 6.54 Å². The van der Waals surface area contributed by atoms with Gasteiger partial charge in [0.2, 0.25) is 0 Å². The number of nitrogens with zero attached hydrogens (tertiary/aromatic N) is 3. The molecule has 2 heterocycles. The molecule has 0 aromatic carbocycles. The van der Waals surface area contributed by atoms with Crippen molar-refractivity contribution in [2.75, 3.05) is 0 Å².